The summed E-state index contributed by atoms with van der Waals surface area (Å²) in [6.45, 7) is 5.31. The third-order valence-electron chi connectivity index (χ3n) is 5.70. The Morgan fingerprint density at radius 1 is 1.09 bits per heavy atom. The van der Waals surface area contributed by atoms with E-state index < -0.39 is 0 Å². The largest absolute Gasteiger partial charge is 0.369 e. The minimum absolute atomic E-state index is 0.193. The van der Waals surface area contributed by atoms with Crippen LogP contribution in [0.15, 0.2) is 58.4 Å². The summed E-state index contributed by atoms with van der Waals surface area (Å²) in [5.74, 6) is 0.304. The fourth-order valence-corrected chi connectivity index (χ4v) is 5.01. The molecule has 1 aliphatic heterocycles. The minimum Gasteiger partial charge on any atom is -0.369 e. The number of anilines is 1. The van der Waals surface area contributed by atoms with Gasteiger partial charge in [0.15, 0.2) is 0 Å². The van der Waals surface area contributed by atoms with E-state index in [0.29, 0.717) is 39.3 Å². The highest BCUT2D eigenvalue weighted by Crippen LogP contribution is 2.34. The van der Waals surface area contributed by atoms with E-state index >= 15 is 0 Å². The van der Waals surface area contributed by atoms with E-state index in [1.54, 1.807) is 29.3 Å². The molecule has 3 aromatic rings. The van der Waals surface area contributed by atoms with Crippen molar-refractivity contribution in [3.63, 3.8) is 0 Å². The average molecular weight is 493 g/mol. The van der Waals surface area contributed by atoms with Crippen LogP contribution in [0.4, 0.5) is 5.82 Å². The number of fused-ring (bicyclic) bond motifs is 1. The molecule has 0 spiro atoms. The number of benzene rings is 1. The van der Waals surface area contributed by atoms with Crippen LogP contribution < -0.4 is 10.9 Å². The summed E-state index contributed by atoms with van der Waals surface area (Å²) < 4.78 is 1.99. The summed E-state index contributed by atoms with van der Waals surface area (Å²) in [6, 6.07) is 13.5. The number of hydrogen-bond acceptors (Lipinski definition) is 6. The highest BCUT2D eigenvalue weighted by Gasteiger charge is 2.32. The lowest BCUT2D eigenvalue weighted by Crippen LogP contribution is -2.27. The number of pyridine rings is 1. The zero-order valence-electron chi connectivity index (χ0n) is 19.4. The van der Waals surface area contributed by atoms with Gasteiger partial charge in [-0.05, 0) is 37.1 Å². The molecule has 3 heterocycles. The number of carbonyl (C=O) groups is 1. The van der Waals surface area contributed by atoms with Crippen molar-refractivity contribution in [2.75, 3.05) is 11.9 Å². The summed E-state index contributed by atoms with van der Waals surface area (Å²) in [5, 5.41) is 3.33. The molecule has 0 unspecified atom stereocenters. The Balaban J connectivity index is 1.64. The van der Waals surface area contributed by atoms with Crippen molar-refractivity contribution in [2.45, 2.75) is 46.1 Å². The number of rotatable bonds is 9. The topological polar surface area (TPSA) is 66.7 Å². The number of aryl methyl sites for hydroxylation is 1. The first kappa shape index (κ1) is 24.2. The van der Waals surface area contributed by atoms with Crippen molar-refractivity contribution in [1.82, 2.24) is 14.3 Å². The number of unbranched alkanes of at least 4 members (excludes halogenated alkanes) is 3. The predicted molar refractivity (Wildman–Crippen MR) is 144 cm³/mol. The Hall–Kier alpha value is -2.97. The van der Waals surface area contributed by atoms with E-state index in [0.717, 1.165) is 30.4 Å². The maximum atomic E-state index is 13.3. The highest BCUT2D eigenvalue weighted by molar-refractivity contribution is 8.26. The molecule has 1 fully saturated rings. The number of carbonyl (C=O) groups excluding carboxylic acids is 1. The Morgan fingerprint density at radius 3 is 2.65 bits per heavy atom. The molecule has 1 aliphatic rings. The van der Waals surface area contributed by atoms with Crippen LogP contribution in [-0.4, -0.2) is 31.1 Å². The summed E-state index contributed by atoms with van der Waals surface area (Å²) in [7, 11) is 0. The lowest BCUT2D eigenvalue weighted by Gasteiger charge is -2.14. The fraction of sp³-hybridized carbons (Fsp3) is 0.308. The molecule has 0 atom stereocenters. The number of thiocarbonyl (C=S) groups is 1. The molecule has 1 amide bonds. The van der Waals surface area contributed by atoms with Crippen LogP contribution in [0.3, 0.4) is 0 Å². The van der Waals surface area contributed by atoms with Crippen LogP contribution in [-0.2, 0) is 11.3 Å². The van der Waals surface area contributed by atoms with Crippen LogP contribution in [0.5, 0.6) is 0 Å². The second-order valence-electron chi connectivity index (χ2n) is 8.35. The third kappa shape index (κ3) is 5.39. The molecule has 0 bridgehead atoms. The summed E-state index contributed by atoms with van der Waals surface area (Å²) >= 11 is 6.72. The molecule has 1 N–H and O–H groups in total. The maximum Gasteiger partial charge on any atom is 0.267 e. The molecule has 6 nitrogen and oxygen atoms in total. The summed E-state index contributed by atoms with van der Waals surface area (Å²) in [5.41, 5.74) is 2.88. The lowest BCUT2D eigenvalue weighted by molar-refractivity contribution is -0.122. The number of thioether (sulfide) groups is 1. The van der Waals surface area contributed by atoms with E-state index in [1.165, 1.54) is 22.6 Å². The van der Waals surface area contributed by atoms with Crippen LogP contribution in [0.25, 0.3) is 11.7 Å². The molecular formula is C26H28N4O2S2. The average Bonchev–Trinajstić information content (AvgIpc) is 3.10. The van der Waals surface area contributed by atoms with Crippen LogP contribution in [0.1, 0.15) is 49.3 Å². The first-order valence-electron chi connectivity index (χ1n) is 11.5. The van der Waals surface area contributed by atoms with Gasteiger partial charge in [0, 0.05) is 12.7 Å². The van der Waals surface area contributed by atoms with Crippen LogP contribution >= 0.6 is 24.0 Å². The third-order valence-corrected chi connectivity index (χ3v) is 7.08. The van der Waals surface area contributed by atoms with Gasteiger partial charge in [-0.1, -0.05) is 86.1 Å². The first-order valence-corrected chi connectivity index (χ1v) is 12.8. The standard InChI is InChI=1S/C26H28N4O2S2/c1-3-4-5-7-14-27-23-20(24(31)29-15-8-6-9-22(29)28-23)16-21-25(32)30(26(33)34-21)17-19-12-10-18(2)11-13-19/h6,8-13,15-16,27H,3-5,7,14,17H2,1-2H3. The van der Waals surface area contributed by atoms with Gasteiger partial charge in [-0.3, -0.25) is 18.9 Å². The van der Waals surface area contributed by atoms with Crippen LogP contribution in [0.2, 0.25) is 0 Å². The second kappa shape index (κ2) is 11.0. The van der Waals surface area contributed by atoms with E-state index in [2.05, 4.69) is 17.2 Å². The minimum atomic E-state index is -0.217. The Bertz CT molecular complexity index is 1300. The molecule has 34 heavy (non-hydrogen) atoms. The molecule has 176 valence electrons. The van der Waals surface area contributed by atoms with Crippen molar-refractivity contribution in [3.05, 3.63) is 80.6 Å². The highest BCUT2D eigenvalue weighted by atomic mass is 32.2. The second-order valence-corrected chi connectivity index (χ2v) is 10.0. The summed E-state index contributed by atoms with van der Waals surface area (Å²) in [6.07, 6.45) is 7.76. The van der Waals surface area contributed by atoms with E-state index in [-0.39, 0.29) is 11.5 Å². The van der Waals surface area contributed by atoms with E-state index in [1.807, 2.05) is 37.3 Å². The monoisotopic (exact) mass is 492 g/mol. The molecule has 0 aliphatic carbocycles. The normalized spacial score (nSPS) is 15.0. The maximum absolute atomic E-state index is 13.3. The van der Waals surface area contributed by atoms with Gasteiger partial charge in [-0.2, -0.15) is 0 Å². The van der Waals surface area contributed by atoms with Gasteiger partial charge in [0.05, 0.1) is 17.0 Å². The zero-order valence-corrected chi connectivity index (χ0v) is 21.0. The SMILES string of the molecule is CCCCCCNc1nc2ccccn2c(=O)c1C=C1SC(=S)N(Cc2ccc(C)cc2)C1=O. The molecule has 1 saturated heterocycles. The van der Waals surface area contributed by atoms with Gasteiger partial charge >= 0.3 is 0 Å². The Labute approximate surface area is 209 Å². The van der Waals surface area contributed by atoms with Gasteiger partial charge in [0.25, 0.3) is 11.5 Å². The Morgan fingerprint density at radius 2 is 1.88 bits per heavy atom. The first-order chi connectivity index (χ1) is 16.5. The van der Waals surface area contributed by atoms with Gasteiger partial charge in [0.2, 0.25) is 0 Å². The number of nitrogens with one attached hydrogen (secondary N) is 1. The smallest absolute Gasteiger partial charge is 0.267 e. The van der Waals surface area contributed by atoms with Gasteiger partial charge < -0.3 is 5.32 Å². The molecule has 0 radical (unpaired) electrons. The van der Waals surface area contributed by atoms with Crippen molar-refractivity contribution in [2.24, 2.45) is 0 Å². The number of nitrogens with zero attached hydrogens (tertiary/aromatic N) is 3. The number of aromatic nitrogens is 2. The molecule has 0 saturated carbocycles. The zero-order chi connectivity index (χ0) is 24.1. The van der Waals surface area contributed by atoms with Crippen molar-refractivity contribution in [3.8, 4) is 0 Å². The van der Waals surface area contributed by atoms with Gasteiger partial charge in [-0.25, -0.2) is 4.98 Å². The number of amides is 1. The summed E-state index contributed by atoms with van der Waals surface area (Å²) in [4.78, 5) is 33.2. The predicted octanol–water partition coefficient (Wildman–Crippen LogP) is 5.40. The fourth-order valence-electron chi connectivity index (χ4n) is 3.77. The molecular weight excluding hydrogens is 464 g/mol. The molecule has 1 aromatic carbocycles. The molecule has 8 heteroatoms. The van der Waals surface area contributed by atoms with Crippen molar-refractivity contribution < 1.29 is 4.79 Å². The lowest BCUT2D eigenvalue weighted by atomic mass is 10.1. The van der Waals surface area contributed by atoms with Gasteiger partial charge in [-0.15, -0.1) is 0 Å². The van der Waals surface area contributed by atoms with Crippen molar-refractivity contribution in [1.29, 1.82) is 0 Å². The van der Waals surface area contributed by atoms with Crippen LogP contribution in [0, 0.1) is 6.92 Å². The molecule has 4 rings (SSSR count). The van der Waals surface area contributed by atoms with Gasteiger partial charge in [0.1, 0.15) is 15.8 Å². The quantitative estimate of drug-likeness (QED) is 0.245. The molecule has 2 aromatic heterocycles. The van der Waals surface area contributed by atoms with E-state index in [9.17, 15) is 9.59 Å². The number of hydrogen-bond donors (Lipinski definition) is 1. The van der Waals surface area contributed by atoms with E-state index in [4.69, 9.17) is 12.2 Å². The van der Waals surface area contributed by atoms with Crippen molar-refractivity contribution >= 4 is 51.7 Å². The Kier molecular flexibility index (Phi) is 7.80.